The van der Waals surface area contributed by atoms with Crippen LogP contribution in [0.2, 0.25) is 0 Å². The van der Waals surface area contributed by atoms with E-state index in [9.17, 15) is 0 Å². The molecule has 1 unspecified atom stereocenters. The first-order chi connectivity index (χ1) is 9.51. The van der Waals surface area contributed by atoms with Crippen LogP contribution in [-0.2, 0) is 6.54 Å². The van der Waals surface area contributed by atoms with Crippen LogP contribution in [-0.4, -0.2) is 39.9 Å². The Morgan fingerprint density at radius 1 is 1.25 bits per heavy atom. The third-order valence-electron chi connectivity index (χ3n) is 4.13. The van der Waals surface area contributed by atoms with E-state index in [-0.39, 0.29) is 5.54 Å². The fourth-order valence-corrected chi connectivity index (χ4v) is 3.08. The van der Waals surface area contributed by atoms with E-state index < -0.39 is 0 Å². The molecule has 0 aliphatic carbocycles. The third-order valence-corrected chi connectivity index (χ3v) is 4.13. The van der Waals surface area contributed by atoms with E-state index in [1.807, 2.05) is 6.20 Å². The molecule has 0 fully saturated rings. The molecule has 1 N–H and O–H groups in total. The van der Waals surface area contributed by atoms with Crippen LogP contribution in [0.15, 0.2) is 12.4 Å². The lowest BCUT2D eigenvalue weighted by Crippen LogP contribution is -2.52. The number of likely N-dealkylation sites (N-methyl/N-ethyl adjacent to an activating group) is 2. The Morgan fingerprint density at radius 3 is 2.40 bits per heavy atom. The molecule has 0 amide bonds. The molecule has 0 saturated heterocycles. The van der Waals surface area contributed by atoms with E-state index in [1.54, 1.807) is 0 Å². The summed E-state index contributed by atoms with van der Waals surface area (Å²) in [5.41, 5.74) is 1.36. The summed E-state index contributed by atoms with van der Waals surface area (Å²) >= 11 is 0. The van der Waals surface area contributed by atoms with Gasteiger partial charge in [0, 0.05) is 23.8 Å². The van der Waals surface area contributed by atoms with Crippen molar-refractivity contribution >= 4 is 0 Å². The van der Waals surface area contributed by atoms with Crippen molar-refractivity contribution in [2.75, 3.05) is 19.6 Å². The van der Waals surface area contributed by atoms with Crippen LogP contribution in [0.5, 0.6) is 0 Å². The largest absolute Gasteiger partial charge is 0.309 e. The first-order valence-corrected chi connectivity index (χ1v) is 8.01. The molecule has 1 atom stereocenters. The normalized spacial score (nSPS) is 13.9. The van der Waals surface area contributed by atoms with Crippen molar-refractivity contribution in [2.45, 2.75) is 66.1 Å². The molecule has 4 nitrogen and oxygen atoms in total. The Bertz CT molecular complexity index is 380. The standard InChI is InChI=1S/C16H32N4/c1-7-11-20-13-14(12-18-20)15(17-8-2)16(5,6)19(9-3)10-4/h12-13,15,17H,7-11H2,1-6H3. The predicted molar refractivity (Wildman–Crippen MR) is 85.9 cm³/mol. The van der Waals surface area contributed by atoms with Crippen LogP contribution in [0.3, 0.4) is 0 Å². The summed E-state index contributed by atoms with van der Waals surface area (Å²) in [6.45, 7) is 17.5. The Hall–Kier alpha value is -0.870. The lowest BCUT2D eigenvalue weighted by molar-refractivity contribution is 0.0918. The van der Waals surface area contributed by atoms with Gasteiger partial charge in [0.1, 0.15) is 0 Å². The molecule has 0 bridgehead atoms. The van der Waals surface area contributed by atoms with Gasteiger partial charge in [-0.15, -0.1) is 0 Å². The lowest BCUT2D eigenvalue weighted by Gasteiger charge is -2.43. The average molecular weight is 280 g/mol. The summed E-state index contributed by atoms with van der Waals surface area (Å²) in [5.74, 6) is 0. The Labute approximate surface area is 124 Å². The van der Waals surface area contributed by atoms with Crippen molar-refractivity contribution in [3.63, 3.8) is 0 Å². The molecule has 0 aromatic carbocycles. The second kappa shape index (κ2) is 7.79. The lowest BCUT2D eigenvalue weighted by atomic mass is 9.88. The molecule has 1 rings (SSSR count). The molecule has 0 aliphatic heterocycles. The van der Waals surface area contributed by atoms with Crippen LogP contribution in [0, 0.1) is 0 Å². The monoisotopic (exact) mass is 280 g/mol. The van der Waals surface area contributed by atoms with Gasteiger partial charge in [0.25, 0.3) is 0 Å². The maximum atomic E-state index is 4.49. The van der Waals surface area contributed by atoms with Crippen molar-refractivity contribution in [3.8, 4) is 0 Å². The van der Waals surface area contributed by atoms with Gasteiger partial charge >= 0.3 is 0 Å². The summed E-state index contributed by atoms with van der Waals surface area (Å²) in [6.07, 6.45) is 5.34. The first-order valence-electron chi connectivity index (χ1n) is 8.01. The van der Waals surface area contributed by atoms with Gasteiger partial charge in [-0.3, -0.25) is 9.58 Å². The maximum absolute atomic E-state index is 4.49. The van der Waals surface area contributed by atoms with E-state index in [1.165, 1.54) is 5.56 Å². The first kappa shape index (κ1) is 17.2. The zero-order valence-electron chi connectivity index (χ0n) is 14.1. The van der Waals surface area contributed by atoms with Gasteiger partial charge in [0.05, 0.1) is 12.2 Å². The molecule has 20 heavy (non-hydrogen) atoms. The molecule has 0 spiro atoms. The summed E-state index contributed by atoms with van der Waals surface area (Å²) in [6, 6.07) is 0.304. The highest BCUT2D eigenvalue weighted by Gasteiger charge is 2.35. The number of hydrogen-bond donors (Lipinski definition) is 1. The van der Waals surface area contributed by atoms with Crippen LogP contribution < -0.4 is 5.32 Å². The molecular weight excluding hydrogens is 248 g/mol. The molecule has 4 heteroatoms. The molecule has 1 heterocycles. The molecule has 0 aliphatic rings. The van der Waals surface area contributed by atoms with E-state index in [0.29, 0.717) is 6.04 Å². The van der Waals surface area contributed by atoms with Gasteiger partial charge in [-0.2, -0.15) is 5.10 Å². The van der Waals surface area contributed by atoms with Crippen molar-refractivity contribution in [1.82, 2.24) is 20.0 Å². The molecular formula is C16H32N4. The zero-order valence-corrected chi connectivity index (χ0v) is 14.1. The van der Waals surface area contributed by atoms with Crippen molar-refractivity contribution < 1.29 is 0 Å². The minimum Gasteiger partial charge on any atom is -0.309 e. The maximum Gasteiger partial charge on any atom is 0.0538 e. The van der Waals surface area contributed by atoms with Gasteiger partial charge in [-0.05, 0) is 39.9 Å². The SMILES string of the molecule is CCCn1cc(C(NCC)C(C)(C)N(CC)CC)cn1. The Kier molecular flexibility index (Phi) is 6.69. The van der Waals surface area contributed by atoms with Crippen molar-refractivity contribution in [1.29, 1.82) is 0 Å². The highest BCUT2D eigenvalue weighted by atomic mass is 15.3. The fraction of sp³-hybridized carbons (Fsp3) is 0.812. The summed E-state index contributed by atoms with van der Waals surface area (Å²) in [4.78, 5) is 2.51. The van der Waals surface area contributed by atoms with Crippen LogP contribution >= 0.6 is 0 Å². The molecule has 0 radical (unpaired) electrons. The Balaban J connectivity index is 3.02. The molecule has 0 saturated carbocycles. The highest BCUT2D eigenvalue weighted by molar-refractivity contribution is 5.16. The van der Waals surface area contributed by atoms with Gasteiger partial charge in [0.15, 0.2) is 0 Å². The molecule has 1 aromatic rings. The number of nitrogens with zero attached hydrogens (tertiary/aromatic N) is 3. The van der Waals surface area contributed by atoms with E-state index in [4.69, 9.17) is 0 Å². The van der Waals surface area contributed by atoms with Crippen molar-refractivity contribution in [2.24, 2.45) is 0 Å². The van der Waals surface area contributed by atoms with E-state index in [0.717, 1.165) is 32.6 Å². The smallest absolute Gasteiger partial charge is 0.0538 e. The number of rotatable bonds is 9. The number of nitrogens with one attached hydrogen (secondary N) is 1. The third kappa shape index (κ3) is 3.83. The van der Waals surface area contributed by atoms with E-state index >= 15 is 0 Å². The highest BCUT2D eigenvalue weighted by Crippen LogP contribution is 2.30. The number of aryl methyl sites for hydroxylation is 1. The number of hydrogen-bond acceptors (Lipinski definition) is 3. The van der Waals surface area contributed by atoms with Crippen LogP contribution in [0.25, 0.3) is 0 Å². The van der Waals surface area contributed by atoms with E-state index in [2.05, 4.69) is 67.7 Å². The van der Waals surface area contributed by atoms with Gasteiger partial charge in [-0.1, -0.05) is 27.7 Å². The number of aromatic nitrogens is 2. The van der Waals surface area contributed by atoms with Gasteiger partial charge < -0.3 is 5.32 Å². The summed E-state index contributed by atoms with van der Waals surface area (Å²) in [7, 11) is 0. The summed E-state index contributed by atoms with van der Waals surface area (Å²) < 4.78 is 2.05. The molecule has 116 valence electrons. The topological polar surface area (TPSA) is 33.1 Å². The van der Waals surface area contributed by atoms with Gasteiger partial charge in [0.2, 0.25) is 0 Å². The predicted octanol–water partition coefficient (Wildman–Crippen LogP) is 3.06. The Morgan fingerprint density at radius 2 is 1.90 bits per heavy atom. The zero-order chi connectivity index (χ0) is 15.2. The minimum atomic E-state index is 0.0690. The second-order valence-electron chi connectivity index (χ2n) is 5.85. The van der Waals surface area contributed by atoms with Crippen molar-refractivity contribution in [3.05, 3.63) is 18.0 Å². The fourth-order valence-electron chi connectivity index (χ4n) is 3.08. The second-order valence-corrected chi connectivity index (χ2v) is 5.85. The summed E-state index contributed by atoms with van der Waals surface area (Å²) in [5, 5.41) is 8.14. The average Bonchev–Trinajstić information content (AvgIpc) is 2.85. The minimum absolute atomic E-state index is 0.0690. The van der Waals surface area contributed by atoms with Crippen LogP contribution in [0.1, 0.15) is 59.6 Å². The van der Waals surface area contributed by atoms with Crippen LogP contribution in [0.4, 0.5) is 0 Å². The molecule has 1 aromatic heterocycles. The quantitative estimate of drug-likeness (QED) is 0.754. The van der Waals surface area contributed by atoms with Gasteiger partial charge in [-0.25, -0.2) is 0 Å².